The fourth-order valence-electron chi connectivity index (χ4n) is 1.56. The van der Waals surface area contributed by atoms with Crippen LogP contribution in [0.25, 0.3) is 0 Å². The summed E-state index contributed by atoms with van der Waals surface area (Å²) in [5.74, 6) is 0. The number of hydrogen-bond acceptors (Lipinski definition) is 5. The Bertz CT molecular complexity index is 655. The number of nitrogens with one attached hydrogen (secondary N) is 1. The highest BCUT2D eigenvalue weighted by atomic mass is 32.2. The molecule has 0 spiro atoms. The minimum Gasteiger partial charge on any atom is -0.380 e. The average Bonchev–Trinajstić information content (AvgIpc) is 2.35. The van der Waals surface area contributed by atoms with Crippen LogP contribution < -0.4 is 9.86 Å². The minimum atomic E-state index is -4.12. The third-order valence-corrected chi connectivity index (χ3v) is 5.12. The fraction of sp³-hybridized carbons (Fsp3) is 0.455. The lowest BCUT2D eigenvalue weighted by atomic mass is 10.4. The Balaban J connectivity index is 3.11. The number of hydrogen-bond donors (Lipinski definition) is 2. The van der Waals surface area contributed by atoms with Gasteiger partial charge in [0.25, 0.3) is 0 Å². The van der Waals surface area contributed by atoms with Crippen LogP contribution in [0.1, 0.15) is 13.8 Å². The van der Waals surface area contributed by atoms with Crippen molar-refractivity contribution in [1.82, 2.24) is 4.72 Å². The maximum absolute atomic E-state index is 12.2. The third kappa shape index (κ3) is 4.53. The summed E-state index contributed by atoms with van der Waals surface area (Å²) in [6.45, 7) is 4.05. The van der Waals surface area contributed by atoms with Crippen molar-refractivity contribution in [3.8, 4) is 0 Å². The van der Waals surface area contributed by atoms with Crippen LogP contribution in [0, 0.1) is 0 Å². The number of ether oxygens (including phenoxy) is 1. The van der Waals surface area contributed by atoms with Crippen molar-refractivity contribution in [1.29, 1.82) is 0 Å². The lowest BCUT2D eigenvalue weighted by Gasteiger charge is -2.15. The van der Waals surface area contributed by atoms with Gasteiger partial charge in [0.2, 0.25) is 20.0 Å². The second-order valence-corrected chi connectivity index (χ2v) is 7.39. The molecule has 1 unspecified atom stereocenters. The van der Waals surface area contributed by atoms with Crippen LogP contribution in [0.5, 0.6) is 0 Å². The molecule has 0 saturated carbocycles. The molecule has 1 rings (SSSR count). The largest absolute Gasteiger partial charge is 0.380 e. The molecular weight excluding hydrogens is 304 g/mol. The predicted molar refractivity (Wildman–Crippen MR) is 74.1 cm³/mol. The van der Waals surface area contributed by atoms with E-state index in [1.165, 1.54) is 18.2 Å². The monoisotopic (exact) mass is 322 g/mol. The maximum Gasteiger partial charge on any atom is 0.242 e. The number of rotatable bonds is 7. The van der Waals surface area contributed by atoms with E-state index < -0.39 is 31.0 Å². The molecule has 1 aromatic carbocycles. The van der Waals surface area contributed by atoms with Crippen molar-refractivity contribution >= 4 is 20.0 Å². The Morgan fingerprint density at radius 2 is 1.75 bits per heavy atom. The molecule has 20 heavy (non-hydrogen) atoms. The number of primary sulfonamides is 1. The fourth-order valence-corrected chi connectivity index (χ4v) is 4.17. The highest BCUT2D eigenvalue weighted by Gasteiger charge is 2.25. The summed E-state index contributed by atoms with van der Waals surface area (Å²) < 4.78 is 54.7. The highest BCUT2D eigenvalue weighted by molar-refractivity contribution is 7.92. The molecule has 114 valence electrons. The molecule has 0 heterocycles. The normalized spacial score (nSPS) is 14.2. The number of nitrogens with two attached hydrogens (primary N) is 1. The van der Waals surface area contributed by atoms with Crippen molar-refractivity contribution in [3.63, 3.8) is 0 Å². The molecule has 0 radical (unpaired) electrons. The van der Waals surface area contributed by atoms with Gasteiger partial charge in [-0.2, -0.15) is 0 Å². The first-order valence-electron chi connectivity index (χ1n) is 5.90. The van der Waals surface area contributed by atoms with Crippen LogP contribution in [-0.2, 0) is 24.8 Å². The summed E-state index contributed by atoms with van der Waals surface area (Å²) in [5.41, 5.74) is 0. The molecule has 3 N–H and O–H groups in total. The van der Waals surface area contributed by atoms with Gasteiger partial charge in [0, 0.05) is 12.6 Å². The van der Waals surface area contributed by atoms with Crippen molar-refractivity contribution in [2.75, 3.05) is 13.2 Å². The van der Waals surface area contributed by atoms with E-state index in [4.69, 9.17) is 9.88 Å². The number of benzene rings is 1. The molecule has 0 aromatic heterocycles. The topological polar surface area (TPSA) is 116 Å². The van der Waals surface area contributed by atoms with Gasteiger partial charge in [-0.15, -0.1) is 0 Å². The quantitative estimate of drug-likeness (QED) is 0.735. The van der Waals surface area contributed by atoms with E-state index >= 15 is 0 Å². The summed E-state index contributed by atoms with van der Waals surface area (Å²) in [7, 11) is -8.11. The van der Waals surface area contributed by atoms with Gasteiger partial charge in [-0.3, -0.25) is 0 Å². The predicted octanol–water partition coefficient (Wildman–Crippen LogP) is 0.0373. The summed E-state index contributed by atoms with van der Waals surface area (Å²) in [4.78, 5) is -0.804. The van der Waals surface area contributed by atoms with Gasteiger partial charge >= 0.3 is 0 Å². The molecule has 1 atom stereocenters. The molecule has 0 amide bonds. The molecule has 1 aromatic rings. The van der Waals surface area contributed by atoms with Crippen molar-refractivity contribution in [2.24, 2.45) is 5.14 Å². The molecule has 0 aliphatic carbocycles. The lowest BCUT2D eigenvalue weighted by Crippen LogP contribution is -2.36. The second-order valence-electron chi connectivity index (χ2n) is 4.17. The lowest BCUT2D eigenvalue weighted by molar-refractivity contribution is 0.133. The van der Waals surface area contributed by atoms with Gasteiger partial charge in [0.05, 0.1) is 6.61 Å². The summed E-state index contributed by atoms with van der Waals surface area (Å²) >= 11 is 0. The van der Waals surface area contributed by atoms with Gasteiger partial charge < -0.3 is 4.74 Å². The first-order valence-corrected chi connectivity index (χ1v) is 8.93. The highest BCUT2D eigenvalue weighted by Crippen LogP contribution is 2.19. The van der Waals surface area contributed by atoms with E-state index in [9.17, 15) is 16.8 Å². The van der Waals surface area contributed by atoms with E-state index in [0.29, 0.717) is 6.61 Å². The zero-order valence-corrected chi connectivity index (χ0v) is 12.9. The zero-order chi connectivity index (χ0) is 15.4. The second kappa shape index (κ2) is 6.64. The SMILES string of the molecule is CCOCC(C)NS(=O)(=O)c1ccccc1S(N)(=O)=O. The van der Waals surface area contributed by atoms with Crippen LogP contribution >= 0.6 is 0 Å². The van der Waals surface area contributed by atoms with Gasteiger partial charge in [-0.1, -0.05) is 12.1 Å². The van der Waals surface area contributed by atoms with Crippen molar-refractivity contribution < 1.29 is 21.6 Å². The van der Waals surface area contributed by atoms with Gasteiger partial charge in [0.15, 0.2) is 0 Å². The standard InChI is InChI=1S/C11H18N2O5S2/c1-3-18-8-9(2)13-20(16,17)11-7-5-4-6-10(11)19(12,14)15/h4-7,9,13H,3,8H2,1-2H3,(H2,12,14,15). The summed E-state index contributed by atoms with van der Waals surface area (Å²) in [6.07, 6.45) is 0. The maximum atomic E-state index is 12.2. The van der Waals surface area contributed by atoms with E-state index in [0.717, 1.165) is 6.07 Å². The first kappa shape index (κ1) is 17.1. The minimum absolute atomic E-state index is 0.188. The summed E-state index contributed by atoms with van der Waals surface area (Å²) in [6, 6.07) is 4.68. The van der Waals surface area contributed by atoms with Crippen LogP contribution in [0.3, 0.4) is 0 Å². The van der Waals surface area contributed by atoms with Crippen LogP contribution in [0.15, 0.2) is 34.1 Å². The van der Waals surface area contributed by atoms with Crippen LogP contribution in [-0.4, -0.2) is 36.1 Å². The summed E-state index contributed by atoms with van der Waals surface area (Å²) in [5, 5.41) is 5.02. The molecule has 0 aliphatic rings. The molecule has 0 fully saturated rings. The van der Waals surface area contributed by atoms with Gasteiger partial charge in [-0.05, 0) is 26.0 Å². The average molecular weight is 322 g/mol. The van der Waals surface area contributed by atoms with E-state index in [1.807, 2.05) is 0 Å². The molecule has 7 nitrogen and oxygen atoms in total. The number of sulfonamides is 2. The van der Waals surface area contributed by atoms with Crippen molar-refractivity contribution in [2.45, 2.75) is 29.7 Å². The van der Waals surface area contributed by atoms with Gasteiger partial charge in [0.1, 0.15) is 9.79 Å². The van der Waals surface area contributed by atoms with Crippen LogP contribution in [0.2, 0.25) is 0 Å². The Hall–Kier alpha value is -1.00. The Labute approximate surface area is 119 Å². The smallest absolute Gasteiger partial charge is 0.242 e. The Morgan fingerprint density at radius 1 is 1.20 bits per heavy atom. The molecule has 0 aliphatic heterocycles. The van der Waals surface area contributed by atoms with Gasteiger partial charge in [-0.25, -0.2) is 26.7 Å². The zero-order valence-electron chi connectivity index (χ0n) is 11.2. The molecule has 0 bridgehead atoms. The first-order chi connectivity index (χ1) is 9.18. The van der Waals surface area contributed by atoms with E-state index in [2.05, 4.69) is 4.72 Å². The molecule has 9 heteroatoms. The Morgan fingerprint density at radius 3 is 2.25 bits per heavy atom. The molecular formula is C11H18N2O5S2. The Kier molecular flexibility index (Phi) is 5.66. The van der Waals surface area contributed by atoms with Crippen LogP contribution in [0.4, 0.5) is 0 Å². The van der Waals surface area contributed by atoms with Crippen molar-refractivity contribution in [3.05, 3.63) is 24.3 Å². The van der Waals surface area contributed by atoms with E-state index in [1.54, 1.807) is 13.8 Å². The molecule has 0 saturated heterocycles. The third-order valence-electron chi connectivity index (χ3n) is 2.37. The van der Waals surface area contributed by atoms with E-state index in [-0.39, 0.29) is 11.5 Å².